The highest BCUT2D eigenvalue weighted by Crippen LogP contribution is 2.22. The van der Waals surface area contributed by atoms with Crippen LogP contribution in [-0.2, 0) is 5.75 Å². The molecule has 1 heterocycles. The number of rotatable bonds is 5. The van der Waals surface area contributed by atoms with E-state index in [1.807, 2.05) is 30.0 Å². The number of halogens is 2. The predicted octanol–water partition coefficient (Wildman–Crippen LogP) is 3.42. The van der Waals surface area contributed by atoms with Crippen molar-refractivity contribution in [2.45, 2.75) is 5.75 Å². The lowest BCUT2D eigenvalue weighted by Crippen LogP contribution is -2.01. The van der Waals surface area contributed by atoms with E-state index in [9.17, 15) is 0 Å². The molecule has 0 bridgehead atoms. The summed E-state index contributed by atoms with van der Waals surface area (Å²) in [6.07, 6.45) is 1.75. The number of benzene rings is 1. The zero-order chi connectivity index (χ0) is 11.2. The Labute approximate surface area is 133 Å². The highest BCUT2D eigenvalue weighted by molar-refractivity contribution is 8.93. The molecule has 0 aliphatic rings. The Morgan fingerprint density at radius 3 is 2.56 bits per heavy atom. The van der Waals surface area contributed by atoms with Crippen LogP contribution < -0.4 is 5.73 Å². The van der Waals surface area contributed by atoms with Gasteiger partial charge in [0.1, 0.15) is 0 Å². The fourth-order valence-electron chi connectivity index (χ4n) is 1.53. The van der Waals surface area contributed by atoms with E-state index in [0.29, 0.717) is 0 Å². The molecule has 0 amide bonds. The molecule has 0 aliphatic carbocycles. The first-order valence-corrected chi connectivity index (χ1v) is 6.43. The van der Waals surface area contributed by atoms with E-state index in [1.165, 1.54) is 5.69 Å². The zero-order valence-corrected chi connectivity index (χ0v) is 14.1. The lowest BCUT2D eigenvalue weighted by molar-refractivity contribution is 1.14. The molecule has 0 spiro atoms. The standard InChI is InChI=1S/C12H15N3S.2BrH/c13-6-7-16-8-11-12(15-9-14-11)10-4-2-1-3-5-10;;/h1-5,9H,6-8,13H2,(H,14,15);2*1H. The van der Waals surface area contributed by atoms with Crippen LogP contribution in [0.4, 0.5) is 0 Å². The first kappa shape index (κ1) is 17.7. The normalized spacial score (nSPS) is 9.39. The van der Waals surface area contributed by atoms with Crippen LogP contribution in [0.1, 0.15) is 5.69 Å². The van der Waals surface area contributed by atoms with Crippen LogP contribution in [0, 0.1) is 0 Å². The second-order valence-corrected chi connectivity index (χ2v) is 4.54. The van der Waals surface area contributed by atoms with Gasteiger partial charge in [0.05, 0.1) is 17.7 Å². The smallest absolute Gasteiger partial charge is 0.0929 e. The maximum atomic E-state index is 5.47. The van der Waals surface area contributed by atoms with Gasteiger partial charge < -0.3 is 10.7 Å². The van der Waals surface area contributed by atoms with E-state index in [2.05, 4.69) is 22.1 Å². The van der Waals surface area contributed by atoms with Crippen LogP contribution in [-0.4, -0.2) is 22.3 Å². The molecular weight excluding hydrogens is 378 g/mol. The van der Waals surface area contributed by atoms with Gasteiger partial charge >= 0.3 is 0 Å². The molecule has 2 aromatic rings. The quantitative estimate of drug-likeness (QED) is 0.763. The summed E-state index contributed by atoms with van der Waals surface area (Å²) in [4.78, 5) is 7.56. The van der Waals surface area contributed by atoms with Crippen molar-refractivity contribution in [3.8, 4) is 11.3 Å². The van der Waals surface area contributed by atoms with E-state index in [0.717, 1.165) is 29.3 Å². The lowest BCUT2D eigenvalue weighted by atomic mass is 10.1. The Hall–Kier alpha value is -0.300. The monoisotopic (exact) mass is 393 g/mol. The second-order valence-electron chi connectivity index (χ2n) is 3.44. The molecular formula is C12H17Br2N3S. The number of thioether (sulfide) groups is 1. The molecule has 0 aliphatic heterocycles. The number of nitrogens with two attached hydrogens (primary N) is 1. The third kappa shape index (κ3) is 4.76. The summed E-state index contributed by atoms with van der Waals surface area (Å²) in [7, 11) is 0. The Kier molecular flexibility index (Phi) is 9.45. The van der Waals surface area contributed by atoms with Gasteiger partial charge in [0.15, 0.2) is 0 Å². The lowest BCUT2D eigenvalue weighted by Gasteiger charge is -2.02. The second kappa shape index (κ2) is 9.61. The minimum Gasteiger partial charge on any atom is -0.347 e. The summed E-state index contributed by atoms with van der Waals surface area (Å²) in [6.45, 7) is 0.722. The van der Waals surface area contributed by atoms with Crippen LogP contribution in [0.5, 0.6) is 0 Å². The molecule has 1 aromatic carbocycles. The summed E-state index contributed by atoms with van der Waals surface area (Å²) in [5.41, 5.74) is 8.85. The number of H-pyrrole nitrogens is 1. The Balaban J connectivity index is 0.00000144. The molecule has 0 radical (unpaired) electrons. The van der Waals surface area contributed by atoms with Crippen molar-refractivity contribution in [2.75, 3.05) is 12.3 Å². The summed E-state index contributed by atoms with van der Waals surface area (Å²) < 4.78 is 0. The Bertz CT molecular complexity index is 434. The highest BCUT2D eigenvalue weighted by atomic mass is 79.9. The summed E-state index contributed by atoms with van der Waals surface area (Å²) in [5.74, 6) is 1.91. The van der Waals surface area contributed by atoms with Crippen molar-refractivity contribution >= 4 is 45.7 Å². The first-order chi connectivity index (χ1) is 7.92. The van der Waals surface area contributed by atoms with Gasteiger partial charge in [0.2, 0.25) is 0 Å². The van der Waals surface area contributed by atoms with Crippen molar-refractivity contribution in [3.63, 3.8) is 0 Å². The van der Waals surface area contributed by atoms with Crippen LogP contribution in [0.3, 0.4) is 0 Å². The molecule has 100 valence electrons. The topological polar surface area (TPSA) is 54.7 Å². The molecule has 2 rings (SSSR count). The van der Waals surface area contributed by atoms with Crippen LogP contribution in [0.25, 0.3) is 11.3 Å². The first-order valence-electron chi connectivity index (χ1n) is 5.27. The number of aromatic amines is 1. The summed E-state index contributed by atoms with van der Waals surface area (Å²) in [5, 5.41) is 0. The van der Waals surface area contributed by atoms with Gasteiger partial charge in [-0.2, -0.15) is 11.8 Å². The minimum atomic E-state index is 0. The molecule has 0 fully saturated rings. The molecule has 0 atom stereocenters. The minimum absolute atomic E-state index is 0. The largest absolute Gasteiger partial charge is 0.347 e. The van der Waals surface area contributed by atoms with Crippen molar-refractivity contribution in [3.05, 3.63) is 42.4 Å². The number of hydrogen-bond acceptors (Lipinski definition) is 3. The fraction of sp³-hybridized carbons (Fsp3) is 0.250. The summed E-state index contributed by atoms with van der Waals surface area (Å²) >= 11 is 1.82. The van der Waals surface area contributed by atoms with Crippen molar-refractivity contribution in [1.29, 1.82) is 0 Å². The van der Waals surface area contributed by atoms with Gasteiger partial charge in [0, 0.05) is 23.6 Å². The van der Waals surface area contributed by atoms with E-state index < -0.39 is 0 Å². The molecule has 0 saturated heterocycles. The number of aromatic nitrogens is 2. The molecule has 0 unspecified atom stereocenters. The third-order valence-electron chi connectivity index (χ3n) is 2.27. The SMILES string of the molecule is Br.Br.NCCSCc1[nH]cnc1-c1ccccc1. The van der Waals surface area contributed by atoms with Crippen molar-refractivity contribution in [2.24, 2.45) is 5.73 Å². The number of nitrogens with zero attached hydrogens (tertiary/aromatic N) is 1. The van der Waals surface area contributed by atoms with E-state index in [-0.39, 0.29) is 34.0 Å². The van der Waals surface area contributed by atoms with Gasteiger partial charge in [0.25, 0.3) is 0 Å². The maximum absolute atomic E-state index is 5.47. The molecule has 3 N–H and O–H groups in total. The number of hydrogen-bond donors (Lipinski definition) is 2. The maximum Gasteiger partial charge on any atom is 0.0929 e. The van der Waals surface area contributed by atoms with E-state index in [1.54, 1.807) is 6.33 Å². The van der Waals surface area contributed by atoms with Gasteiger partial charge in [-0.15, -0.1) is 34.0 Å². The van der Waals surface area contributed by atoms with Gasteiger partial charge in [-0.3, -0.25) is 0 Å². The highest BCUT2D eigenvalue weighted by Gasteiger charge is 2.07. The molecule has 1 aromatic heterocycles. The van der Waals surface area contributed by atoms with Crippen molar-refractivity contribution < 1.29 is 0 Å². The molecule has 6 heteroatoms. The summed E-state index contributed by atoms with van der Waals surface area (Å²) in [6, 6.07) is 10.2. The molecule has 3 nitrogen and oxygen atoms in total. The van der Waals surface area contributed by atoms with Crippen molar-refractivity contribution in [1.82, 2.24) is 9.97 Å². The molecule has 0 saturated carbocycles. The van der Waals surface area contributed by atoms with Gasteiger partial charge in [-0.05, 0) is 0 Å². The van der Waals surface area contributed by atoms with Crippen LogP contribution in [0.15, 0.2) is 36.7 Å². The zero-order valence-electron chi connectivity index (χ0n) is 9.83. The average Bonchev–Trinajstić information content (AvgIpc) is 2.79. The average molecular weight is 395 g/mol. The Morgan fingerprint density at radius 1 is 1.17 bits per heavy atom. The third-order valence-corrected chi connectivity index (χ3v) is 3.29. The molecule has 18 heavy (non-hydrogen) atoms. The number of nitrogens with one attached hydrogen (secondary N) is 1. The van der Waals surface area contributed by atoms with E-state index in [4.69, 9.17) is 5.73 Å². The fourth-order valence-corrected chi connectivity index (χ4v) is 2.27. The van der Waals surface area contributed by atoms with Crippen LogP contribution in [0.2, 0.25) is 0 Å². The van der Waals surface area contributed by atoms with Crippen LogP contribution >= 0.6 is 45.7 Å². The van der Waals surface area contributed by atoms with Gasteiger partial charge in [-0.25, -0.2) is 4.98 Å². The van der Waals surface area contributed by atoms with E-state index >= 15 is 0 Å². The van der Waals surface area contributed by atoms with Gasteiger partial charge in [-0.1, -0.05) is 30.3 Å². The predicted molar refractivity (Wildman–Crippen MR) is 89.9 cm³/mol. The Morgan fingerprint density at radius 2 is 1.89 bits per heavy atom. The number of imidazole rings is 1.